The van der Waals surface area contributed by atoms with Gasteiger partial charge in [0.2, 0.25) is 0 Å². The largest absolute Gasteiger partial charge is 0.481 e. The van der Waals surface area contributed by atoms with E-state index in [-0.39, 0.29) is 19.4 Å². The third-order valence-corrected chi connectivity index (χ3v) is 1.99. The van der Waals surface area contributed by atoms with Gasteiger partial charge in [0.15, 0.2) is 0 Å². The van der Waals surface area contributed by atoms with Crippen molar-refractivity contribution in [3.8, 4) is 0 Å². The summed E-state index contributed by atoms with van der Waals surface area (Å²) in [5, 5.41) is 19.5. The van der Waals surface area contributed by atoms with Crippen molar-refractivity contribution in [2.75, 3.05) is 13.6 Å². The van der Waals surface area contributed by atoms with Gasteiger partial charge in [0.05, 0.1) is 0 Å². The number of nitrogens with one attached hydrogen (secondary N) is 1. The van der Waals surface area contributed by atoms with Crippen LogP contribution in [0.3, 0.4) is 0 Å². The summed E-state index contributed by atoms with van der Waals surface area (Å²) in [6.45, 7) is 3.72. The molecule has 0 saturated heterocycles. The van der Waals surface area contributed by atoms with Gasteiger partial charge in [-0.1, -0.05) is 6.08 Å². The van der Waals surface area contributed by atoms with Crippen LogP contribution in [0.5, 0.6) is 0 Å². The van der Waals surface area contributed by atoms with Crippen LogP contribution in [-0.2, 0) is 9.59 Å². The molecule has 0 aliphatic heterocycles. The summed E-state index contributed by atoms with van der Waals surface area (Å²) < 4.78 is 0. The highest BCUT2D eigenvalue weighted by molar-refractivity contribution is 5.83. The number of rotatable bonds is 7. The lowest BCUT2D eigenvalue weighted by Crippen LogP contribution is -2.46. The number of carboxylic acids is 2. The molecular weight excluding hydrogens is 228 g/mol. The monoisotopic (exact) mass is 244 g/mol. The van der Waals surface area contributed by atoms with E-state index >= 15 is 0 Å². The minimum absolute atomic E-state index is 0.154. The van der Waals surface area contributed by atoms with E-state index < -0.39 is 24.0 Å². The molecule has 17 heavy (non-hydrogen) atoms. The molecule has 0 fully saturated rings. The van der Waals surface area contributed by atoms with Gasteiger partial charge in [-0.3, -0.25) is 4.79 Å². The van der Waals surface area contributed by atoms with E-state index in [2.05, 4.69) is 11.9 Å². The minimum Gasteiger partial charge on any atom is -0.481 e. The molecule has 0 bridgehead atoms. The third kappa shape index (κ3) is 6.18. The number of nitrogens with zero attached hydrogens (tertiary/aromatic N) is 1. The van der Waals surface area contributed by atoms with Crippen LogP contribution in [0.25, 0.3) is 0 Å². The molecule has 0 aliphatic rings. The van der Waals surface area contributed by atoms with Crippen molar-refractivity contribution in [2.24, 2.45) is 0 Å². The Morgan fingerprint density at radius 3 is 2.41 bits per heavy atom. The SMILES string of the molecule is C=CCN(C)C(=O)N[C@@H](CCC(=O)O)C(=O)O. The zero-order valence-corrected chi connectivity index (χ0v) is 9.55. The van der Waals surface area contributed by atoms with Gasteiger partial charge >= 0.3 is 18.0 Å². The Morgan fingerprint density at radius 1 is 1.41 bits per heavy atom. The summed E-state index contributed by atoms with van der Waals surface area (Å²) in [6, 6.07) is -1.78. The van der Waals surface area contributed by atoms with Crippen LogP contribution in [0.15, 0.2) is 12.7 Å². The molecule has 0 rings (SSSR count). The van der Waals surface area contributed by atoms with Crippen molar-refractivity contribution in [1.82, 2.24) is 10.2 Å². The van der Waals surface area contributed by atoms with Crippen molar-refractivity contribution in [3.05, 3.63) is 12.7 Å². The number of likely N-dealkylation sites (N-methyl/N-ethyl adjacent to an activating group) is 1. The Balaban J connectivity index is 4.33. The van der Waals surface area contributed by atoms with Gasteiger partial charge in [-0.05, 0) is 6.42 Å². The fraction of sp³-hybridized carbons (Fsp3) is 0.500. The van der Waals surface area contributed by atoms with Gasteiger partial charge in [-0.25, -0.2) is 9.59 Å². The van der Waals surface area contributed by atoms with Crippen molar-refractivity contribution >= 4 is 18.0 Å². The third-order valence-electron chi connectivity index (χ3n) is 1.99. The van der Waals surface area contributed by atoms with E-state index in [4.69, 9.17) is 10.2 Å². The zero-order chi connectivity index (χ0) is 13.4. The van der Waals surface area contributed by atoms with Crippen LogP contribution in [0.4, 0.5) is 4.79 Å². The average molecular weight is 244 g/mol. The first-order chi connectivity index (χ1) is 7.88. The molecule has 2 amide bonds. The van der Waals surface area contributed by atoms with E-state index in [0.717, 1.165) is 0 Å². The van der Waals surface area contributed by atoms with E-state index in [1.165, 1.54) is 18.0 Å². The molecule has 0 aliphatic carbocycles. The van der Waals surface area contributed by atoms with Gasteiger partial charge in [-0.2, -0.15) is 0 Å². The maximum Gasteiger partial charge on any atom is 0.326 e. The Labute approximate surface area is 98.7 Å². The van der Waals surface area contributed by atoms with Crippen LogP contribution in [-0.4, -0.2) is 52.7 Å². The van der Waals surface area contributed by atoms with Crippen molar-refractivity contribution in [1.29, 1.82) is 0 Å². The molecule has 0 saturated carbocycles. The summed E-state index contributed by atoms with van der Waals surface area (Å²) in [6.07, 6.45) is 1.02. The van der Waals surface area contributed by atoms with Crippen LogP contribution in [0.1, 0.15) is 12.8 Å². The average Bonchev–Trinajstić information content (AvgIpc) is 2.23. The summed E-state index contributed by atoms with van der Waals surface area (Å²) in [4.78, 5) is 33.8. The normalized spacial score (nSPS) is 11.4. The topological polar surface area (TPSA) is 107 Å². The van der Waals surface area contributed by atoms with Gasteiger partial charge in [-0.15, -0.1) is 6.58 Å². The number of hydrogen-bond acceptors (Lipinski definition) is 3. The number of carbonyl (C=O) groups is 3. The van der Waals surface area contributed by atoms with Gasteiger partial charge in [0.25, 0.3) is 0 Å². The lowest BCUT2D eigenvalue weighted by Gasteiger charge is -2.19. The Hall–Kier alpha value is -2.05. The highest BCUT2D eigenvalue weighted by atomic mass is 16.4. The number of carboxylic acid groups (broad SMARTS) is 2. The standard InChI is InChI=1S/C10H16N2O5/c1-3-6-12(2)10(17)11-7(9(15)16)4-5-8(13)14/h3,7H,1,4-6H2,2H3,(H,11,17)(H,13,14)(H,15,16)/t7-/m0/s1. The second-order valence-electron chi connectivity index (χ2n) is 3.44. The molecule has 0 aromatic heterocycles. The number of carbonyl (C=O) groups excluding carboxylic acids is 1. The first-order valence-corrected chi connectivity index (χ1v) is 4.95. The molecular formula is C10H16N2O5. The van der Waals surface area contributed by atoms with Crippen LogP contribution in [0.2, 0.25) is 0 Å². The summed E-state index contributed by atoms with van der Waals surface area (Å²) in [5.74, 6) is -2.36. The van der Waals surface area contributed by atoms with Gasteiger partial charge < -0.3 is 20.4 Å². The molecule has 96 valence electrons. The van der Waals surface area contributed by atoms with Gasteiger partial charge in [0, 0.05) is 20.0 Å². The summed E-state index contributed by atoms with van der Waals surface area (Å²) >= 11 is 0. The van der Waals surface area contributed by atoms with Gasteiger partial charge in [0.1, 0.15) is 6.04 Å². The molecule has 0 aromatic rings. The molecule has 0 spiro atoms. The van der Waals surface area contributed by atoms with E-state index in [1.807, 2.05) is 0 Å². The molecule has 0 unspecified atom stereocenters. The number of amides is 2. The quantitative estimate of drug-likeness (QED) is 0.552. The maximum absolute atomic E-state index is 11.4. The predicted octanol–water partition coefficient (Wildman–Crippen LogP) is 0.132. The fourth-order valence-corrected chi connectivity index (χ4v) is 1.06. The van der Waals surface area contributed by atoms with Crippen molar-refractivity contribution < 1.29 is 24.6 Å². The smallest absolute Gasteiger partial charge is 0.326 e. The number of aliphatic carboxylic acids is 2. The molecule has 3 N–H and O–H groups in total. The highest BCUT2D eigenvalue weighted by Crippen LogP contribution is 1.99. The lowest BCUT2D eigenvalue weighted by atomic mass is 10.1. The van der Waals surface area contributed by atoms with E-state index in [0.29, 0.717) is 0 Å². The second kappa shape index (κ2) is 7.26. The fourth-order valence-electron chi connectivity index (χ4n) is 1.06. The summed E-state index contributed by atoms with van der Waals surface area (Å²) in [5.41, 5.74) is 0. The Kier molecular flexibility index (Phi) is 6.39. The highest BCUT2D eigenvalue weighted by Gasteiger charge is 2.22. The molecule has 0 radical (unpaired) electrons. The van der Waals surface area contributed by atoms with Crippen molar-refractivity contribution in [2.45, 2.75) is 18.9 Å². The predicted molar refractivity (Wildman–Crippen MR) is 59.7 cm³/mol. The zero-order valence-electron chi connectivity index (χ0n) is 9.55. The van der Waals surface area contributed by atoms with Crippen LogP contribution in [0, 0.1) is 0 Å². The summed E-state index contributed by atoms with van der Waals surface area (Å²) in [7, 11) is 1.48. The molecule has 1 atom stereocenters. The lowest BCUT2D eigenvalue weighted by molar-refractivity contribution is -0.140. The minimum atomic E-state index is -1.26. The molecule has 0 aromatic carbocycles. The molecule has 7 heteroatoms. The van der Waals surface area contributed by atoms with E-state index in [1.54, 1.807) is 0 Å². The van der Waals surface area contributed by atoms with Crippen LogP contribution >= 0.6 is 0 Å². The molecule has 7 nitrogen and oxygen atoms in total. The second-order valence-corrected chi connectivity index (χ2v) is 3.44. The Morgan fingerprint density at radius 2 is 2.00 bits per heavy atom. The first kappa shape index (κ1) is 14.9. The van der Waals surface area contributed by atoms with E-state index in [9.17, 15) is 14.4 Å². The molecule has 0 heterocycles. The Bertz CT molecular complexity index is 316. The van der Waals surface area contributed by atoms with Crippen LogP contribution < -0.4 is 5.32 Å². The number of urea groups is 1. The maximum atomic E-state index is 11.4. The number of hydrogen-bond donors (Lipinski definition) is 3. The van der Waals surface area contributed by atoms with Crippen molar-refractivity contribution in [3.63, 3.8) is 0 Å². The first-order valence-electron chi connectivity index (χ1n) is 4.95.